The summed E-state index contributed by atoms with van der Waals surface area (Å²) >= 11 is 0. The maximum atomic E-state index is 6.18. The Bertz CT molecular complexity index is 852. The van der Waals surface area contributed by atoms with Crippen molar-refractivity contribution in [2.24, 2.45) is 0 Å². The van der Waals surface area contributed by atoms with Gasteiger partial charge in [-0.25, -0.2) is 0 Å². The number of hydrogen-bond donors (Lipinski definition) is 1. The first kappa shape index (κ1) is 23.2. The number of benzene rings is 2. The number of hydrogen-bond acceptors (Lipinski definition) is 6. The lowest BCUT2D eigenvalue weighted by Gasteiger charge is -2.30. The fourth-order valence-corrected chi connectivity index (χ4v) is 4.16. The number of nitrogens with one attached hydrogen (secondary N) is 1. The molecular formula is C25H36N2O4. The zero-order valence-electron chi connectivity index (χ0n) is 19.5. The predicted molar refractivity (Wildman–Crippen MR) is 124 cm³/mol. The largest absolute Gasteiger partial charge is 0.493 e. The molecule has 0 amide bonds. The molecule has 0 radical (unpaired) electrons. The van der Waals surface area contributed by atoms with Crippen LogP contribution in [0.2, 0.25) is 0 Å². The van der Waals surface area contributed by atoms with Crippen molar-refractivity contribution in [3.63, 3.8) is 0 Å². The van der Waals surface area contributed by atoms with Crippen molar-refractivity contribution in [1.29, 1.82) is 0 Å². The first-order chi connectivity index (χ1) is 15.2. The Balaban J connectivity index is 1.95. The summed E-state index contributed by atoms with van der Waals surface area (Å²) in [6.45, 7) is 11.3. The van der Waals surface area contributed by atoms with Gasteiger partial charge in [0.05, 0.1) is 26.9 Å². The van der Waals surface area contributed by atoms with E-state index < -0.39 is 0 Å². The lowest BCUT2D eigenvalue weighted by atomic mass is 9.88. The highest BCUT2D eigenvalue weighted by atomic mass is 16.5. The van der Waals surface area contributed by atoms with E-state index >= 15 is 0 Å². The molecule has 1 atom stereocenters. The van der Waals surface area contributed by atoms with Gasteiger partial charge >= 0.3 is 0 Å². The molecule has 2 aromatic rings. The van der Waals surface area contributed by atoms with Crippen molar-refractivity contribution in [1.82, 2.24) is 10.2 Å². The van der Waals surface area contributed by atoms with Crippen LogP contribution in [0.3, 0.4) is 0 Å². The zero-order valence-corrected chi connectivity index (χ0v) is 19.5. The summed E-state index contributed by atoms with van der Waals surface area (Å²) < 4.78 is 23.4. The van der Waals surface area contributed by atoms with Crippen molar-refractivity contribution < 1.29 is 18.9 Å². The molecule has 31 heavy (non-hydrogen) atoms. The lowest BCUT2D eigenvalue weighted by molar-refractivity contribution is 0.217. The molecule has 1 unspecified atom stereocenters. The second kappa shape index (κ2) is 11.3. The summed E-state index contributed by atoms with van der Waals surface area (Å²) in [7, 11) is 3.38. The number of fused-ring (bicyclic) bond motifs is 1. The second-order valence-corrected chi connectivity index (χ2v) is 7.53. The van der Waals surface area contributed by atoms with Crippen LogP contribution in [0.15, 0.2) is 30.3 Å². The van der Waals surface area contributed by atoms with E-state index in [2.05, 4.69) is 42.3 Å². The third-order valence-electron chi connectivity index (χ3n) is 5.87. The van der Waals surface area contributed by atoms with E-state index in [1.54, 1.807) is 14.2 Å². The summed E-state index contributed by atoms with van der Waals surface area (Å²) in [6, 6.07) is 10.3. The van der Waals surface area contributed by atoms with E-state index in [-0.39, 0.29) is 6.04 Å². The number of para-hydroxylation sites is 1. The van der Waals surface area contributed by atoms with Crippen molar-refractivity contribution >= 4 is 0 Å². The minimum Gasteiger partial charge on any atom is -0.493 e. The molecule has 6 heteroatoms. The monoisotopic (exact) mass is 428 g/mol. The SMILES string of the molecule is CCOc1c(OC)cccc1C1NCCc2cc(OC)c(OCCN(CC)CC)cc21. The van der Waals surface area contributed by atoms with Crippen LogP contribution in [0.1, 0.15) is 43.5 Å². The third kappa shape index (κ3) is 5.25. The highest BCUT2D eigenvalue weighted by Crippen LogP contribution is 2.42. The highest BCUT2D eigenvalue weighted by molar-refractivity contribution is 5.56. The molecule has 0 fully saturated rings. The summed E-state index contributed by atoms with van der Waals surface area (Å²) in [5.41, 5.74) is 3.53. The van der Waals surface area contributed by atoms with Crippen molar-refractivity contribution in [3.8, 4) is 23.0 Å². The van der Waals surface area contributed by atoms with E-state index in [0.717, 1.165) is 61.2 Å². The molecule has 0 spiro atoms. The van der Waals surface area contributed by atoms with Gasteiger partial charge in [-0.15, -0.1) is 0 Å². The third-order valence-corrected chi connectivity index (χ3v) is 5.87. The minimum atomic E-state index is -0.00330. The van der Waals surface area contributed by atoms with Crippen LogP contribution in [0.25, 0.3) is 0 Å². The first-order valence-electron chi connectivity index (χ1n) is 11.3. The second-order valence-electron chi connectivity index (χ2n) is 7.53. The summed E-state index contributed by atoms with van der Waals surface area (Å²) in [6.07, 6.45) is 0.940. The Morgan fingerprint density at radius 1 is 0.935 bits per heavy atom. The molecule has 6 nitrogen and oxygen atoms in total. The lowest BCUT2D eigenvalue weighted by Crippen LogP contribution is -2.31. The molecule has 170 valence electrons. The van der Waals surface area contributed by atoms with Crippen LogP contribution in [0, 0.1) is 0 Å². The summed E-state index contributed by atoms with van der Waals surface area (Å²) in [5.74, 6) is 3.10. The highest BCUT2D eigenvalue weighted by Gasteiger charge is 2.27. The number of nitrogens with zero attached hydrogens (tertiary/aromatic N) is 1. The van der Waals surface area contributed by atoms with Crippen LogP contribution >= 0.6 is 0 Å². The maximum Gasteiger partial charge on any atom is 0.166 e. The number of ether oxygens (including phenoxy) is 4. The quantitative estimate of drug-likeness (QED) is 0.583. The van der Waals surface area contributed by atoms with E-state index in [0.29, 0.717) is 13.2 Å². The molecule has 0 saturated carbocycles. The summed E-state index contributed by atoms with van der Waals surface area (Å²) in [5, 5.41) is 3.66. The van der Waals surface area contributed by atoms with Crippen LogP contribution in [0.5, 0.6) is 23.0 Å². The Kier molecular flexibility index (Phi) is 8.43. The standard InChI is InChI=1S/C25H36N2O4/c1-6-27(7-2)14-15-31-23-17-20-18(16-22(23)29-5)12-13-26-24(20)19-10-9-11-21(28-4)25(19)30-8-3/h9-11,16-17,24,26H,6-8,12-15H2,1-5H3. The van der Waals surface area contributed by atoms with Gasteiger partial charge in [-0.2, -0.15) is 0 Å². The molecule has 1 N–H and O–H groups in total. The van der Waals surface area contributed by atoms with Gasteiger partial charge in [0.2, 0.25) is 0 Å². The fourth-order valence-electron chi connectivity index (χ4n) is 4.16. The van der Waals surface area contributed by atoms with E-state index in [1.807, 2.05) is 19.1 Å². The average molecular weight is 429 g/mol. The van der Waals surface area contributed by atoms with Crippen molar-refractivity contribution in [2.75, 3.05) is 53.6 Å². The van der Waals surface area contributed by atoms with Crippen LogP contribution in [-0.2, 0) is 6.42 Å². The summed E-state index contributed by atoms with van der Waals surface area (Å²) in [4.78, 5) is 2.35. The Hall–Kier alpha value is -2.44. The van der Waals surface area contributed by atoms with Crippen LogP contribution < -0.4 is 24.3 Å². The number of methoxy groups -OCH3 is 2. The molecule has 1 aliphatic rings. The fraction of sp³-hybridized carbons (Fsp3) is 0.520. The van der Waals surface area contributed by atoms with Gasteiger partial charge in [-0.05, 0) is 55.8 Å². The number of rotatable bonds is 11. The van der Waals surface area contributed by atoms with Gasteiger partial charge in [-0.1, -0.05) is 26.0 Å². The molecule has 0 bridgehead atoms. The maximum absolute atomic E-state index is 6.18. The van der Waals surface area contributed by atoms with Gasteiger partial charge in [0, 0.05) is 18.7 Å². The molecule has 1 aliphatic heterocycles. The molecule has 0 saturated heterocycles. The smallest absolute Gasteiger partial charge is 0.166 e. The molecule has 0 aromatic heterocycles. The molecule has 2 aromatic carbocycles. The molecular weight excluding hydrogens is 392 g/mol. The van der Waals surface area contributed by atoms with Crippen LogP contribution in [0.4, 0.5) is 0 Å². The minimum absolute atomic E-state index is 0.00330. The Morgan fingerprint density at radius 2 is 1.71 bits per heavy atom. The molecule has 0 aliphatic carbocycles. The Morgan fingerprint density at radius 3 is 2.39 bits per heavy atom. The van der Waals surface area contributed by atoms with E-state index in [4.69, 9.17) is 18.9 Å². The van der Waals surface area contributed by atoms with Crippen molar-refractivity contribution in [3.05, 3.63) is 47.0 Å². The van der Waals surface area contributed by atoms with Crippen LogP contribution in [-0.4, -0.2) is 58.5 Å². The van der Waals surface area contributed by atoms with Gasteiger partial charge in [0.15, 0.2) is 23.0 Å². The van der Waals surface area contributed by atoms with Gasteiger partial charge in [0.25, 0.3) is 0 Å². The predicted octanol–water partition coefficient (Wildman–Crippen LogP) is 4.06. The van der Waals surface area contributed by atoms with Gasteiger partial charge in [0.1, 0.15) is 6.61 Å². The van der Waals surface area contributed by atoms with Gasteiger partial charge < -0.3 is 29.2 Å². The molecule has 1 heterocycles. The Labute approximate surface area is 186 Å². The van der Waals surface area contributed by atoms with E-state index in [9.17, 15) is 0 Å². The average Bonchev–Trinajstić information content (AvgIpc) is 2.81. The van der Waals surface area contributed by atoms with Gasteiger partial charge in [-0.3, -0.25) is 0 Å². The first-order valence-corrected chi connectivity index (χ1v) is 11.3. The van der Waals surface area contributed by atoms with E-state index in [1.165, 1.54) is 11.1 Å². The van der Waals surface area contributed by atoms with Crippen molar-refractivity contribution in [2.45, 2.75) is 33.2 Å². The normalized spacial score (nSPS) is 15.5. The number of likely N-dealkylation sites (N-methyl/N-ethyl adjacent to an activating group) is 1. The zero-order chi connectivity index (χ0) is 22.2. The topological polar surface area (TPSA) is 52.2 Å². The molecule has 3 rings (SSSR count).